The molecule has 2 saturated heterocycles. The minimum atomic E-state index is -4.38. The van der Waals surface area contributed by atoms with Gasteiger partial charge in [-0.15, -0.1) is 0 Å². The van der Waals surface area contributed by atoms with Gasteiger partial charge in [0, 0.05) is 75.2 Å². The number of anilines is 2. The average Bonchev–Trinajstić information content (AvgIpc) is 2.83. The quantitative estimate of drug-likeness (QED) is 0.655. The third-order valence-electron chi connectivity index (χ3n) is 6.46. The molecule has 2 fully saturated rings. The fraction of sp³-hybridized carbons (Fsp3) is 0.500. The molecule has 0 unspecified atom stereocenters. The number of halogens is 4. The maximum atomic E-state index is 12.7. The molecule has 0 bridgehead atoms. The lowest BCUT2D eigenvalue weighted by Gasteiger charge is -2.36. The molecular weight excluding hydrogens is 467 g/mol. The van der Waals surface area contributed by atoms with Crippen molar-refractivity contribution in [3.63, 3.8) is 0 Å². The summed E-state index contributed by atoms with van der Waals surface area (Å²) in [6.45, 7) is 5.63. The molecule has 34 heavy (non-hydrogen) atoms. The number of carbonyl (C=O) groups excluding carboxylic acids is 1. The Kier molecular flexibility index (Phi) is 7.83. The molecule has 0 spiro atoms. The van der Waals surface area contributed by atoms with Crippen LogP contribution in [0.3, 0.4) is 0 Å². The molecule has 3 heterocycles. The molecule has 4 rings (SSSR count). The van der Waals surface area contributed by atoms with Crippen LogP contribution in [0.15, 0.2) is 42.6 Å². The maximum Gasteiger partial charge on any atom is 0.417 e. The molecule has 1 N–H and O–H groups in total. The number of hydrogen-bond acceptors (Lipinski definition) is 5. The third kappa shape index (κ3) is 6.54. The van der Waals surface area contributed by atoms with Crippen LogP contribution in [-0.4, -0.2) is 67.6 Å². The Hall–Kier alpha value is -2.52. The van der Waals surface area contributed by atoms with E-state index in [2.05, 4.69) is 26.2 Å². The standard InChI is InChI=1S/C24H29ClF3N5O/c25-19-2-1-3-21(16-19)32-14-12-31(13-15-32)9-8-23(34)30-20-6-10-33(11-7-20)22-5-4-18(17-29-22)24(26,27)28/h1-5,16-17,20H,6-15H2,(H,30,34). The highest BCUT2D eigenvalue weighted by Crippen LogP contribution is 2.30. The second-order valence-corrected chi connectivity index (χ2v) is 9.23. The molecule has 10 heteroatoms. The number of rotatable bonds is 6. The molecule has 0 radical (unpaired) electrons. The average molecular weight is 496 g/mol. The Bertz CT molecular complexity index is 956. The van der Waals surface area contributed by atoms with Gasteiger partial charge in [0.2, 0.25) is 5.91 Å². The van der Waals surface area contributed by atoms with Crippen LogP contribution in [0.25, 0.3) is 0 Å². The monoisotopic (exact) mass is 495 g/mol. The first-order chi connectivity index (χ1) is 16.3. The van der Waals surface area contributed by atoms with Gasteiger partial charge < -0.3 is 15.1 Å². The van der Waals surface area contributed by atoms with Crippen molar-refractivity contribution in [3.8, 4) is 0 Å². The van der Waals surface area contributed by atoms with Crippen LogP contribution >= 0.6 is 11.6 Å². The van der Waals surface area contributed by atoms with Gasteiger partial charge in [-0.3, -0.25) is 9.69 Å². The minimum Gasteiger partial charge on any atom is -0.369 e. The maximum absolute atomic E-state index is 12.7. The first-order valence-electron chi connectivity index (χ1n) is 11.6. The number of pyridine rings is 1. The highest BCUT2D eigenvalue weighted by Gasteiger charge is 2.31. The molecule has 1 aromatic carbocycles. The van der Waals surface area contributed by atoms with Gasteiger partial charge in [-0.2, -0.15) is 13.2 Å². The Morgan fingerprint density at radius 1 is 1.03 bits per heavy atom. The van der Waals surface area contributed by atoms with Crippen molar-refractivity contribution in [2.45, 2.75) is 31.5 Å². The topological polar surface area (TPSA) is 51.7 Å². The number of nitrogens with zero attached hydrogens (tertiary/aromatic N) is 4. The predicted molar refractivity (Wildman–Crippen MR) is 127 cm³/mol. The van der Waals surface area contributed by atoms with Crippen LogP contribution in [0.4, 0.5) is 24.7 Å². The van der Waals surface area contributed by atoms with E-state index < -0.39 is 11.7 Å². The van der Waals surface area contributed by atoms with E-state index in [0.717, 1.165) is 68.5 Å². The summed E-state index contributed by atoms with van der Waals surface area (Å²) in [7, 11) is 0. The molecular formula is C24H29ClF3N5O. The highest BCUT2D eigenvalue weighted by atomic mass is 35.5. The van der Waals surface area contributed by atoms with Gasteiger partial charge in [-0.05, 0) is 43.2 Å². The Labute approximate surface area is 202 Å². The summed E-state index contributed by atoms with van der Waals surface area (Å²) in [6.07, 6.45) is -1.57. The number of piperidine rings is 1. The number of alkyl halides is 3. The molecule has 2 aromatic rings. The van der Waals surface area contributed by atoms with Crippen molar-refractivity contribution in [2.24, 2.45) is 0 Å². The predicted octanol–water partition coefficient (Wildman–Crippen LogP) is 4.05. The van der Waals surface area contributed by atoms with E-state index in [1.165, 1.54) is 6.07 Å². The van der Waals surface area contributed by atoms with E-state index in [1.807, 2.05) is 23.1 Å². The van der Waals surface area contributed by atoms with Crippen molar-refractivity contribution in [2.75, 3.05) is 55.6 Å². The minimum absolute atomic E-state index is 0.0448. The zero-order valence-corrected chi connectivity index (χ0v) is 19.7. The van der Waals surface area contributed by atoms with Gasteiger partial charge in [0.1, 0.15) is 5.82 Å². The fourth-order valence-corrected chi connectivity index (χ4v) is 4.64. The van der Waals surface area contributed by atoms with Crippen LogP contribution in [0.1, 0.15) is 24.8 Å². The smallest absolute Gasteiger partial charge is 0.369 e. The van der Waals surface area contributed by atoms with Crippen molar-refractivity contribution in [1.82, 2.24) is 15.2 Å². The second-order valence-electron chi connectivity index (χ2n) is 8.79. The second kappa shape index (κ2) is 10.8. The van der Waals surface area contributed by atoms with Crippen LogP contribution < -0.4 is 15.1 Å². The van der Waals surface area contributed by atoms with Crippen LogP contribution in [0, 0.1) is 0 Å². The summed E-state index contributed by atoms with van der Waals surface area (Å²) >= 11 is 6.09. The Morgan fingerprint density at radius 3 is 2.38 bits per heavy atom. The van der Waals surface area contributed by atoms with E-state index in [0.29, 0.717) is 25.3 Å². The SMILES string of the molecule is O=C(CCN1CCN(c2cccc(Cl)c2)CC1)NC1CCN(c2ccc(C(F)(F)F)cn2)CC1. The van der Waals surface area contributed by atoms with Gasteiger partial charge in [0.05, 0.1) is 5.56 Å². The zero-order chi connectivity index (χ0) is 24.1. The molecule has 1 aromatic heterocycles. The van der Waals surface area contributed by atoms with E-state index in [-0.39, 0.29) is 11.9 Å². The lowest BCUT2D eigenvalue weighted by molar-refractivity contribution is -0.137. The normalized spacial score (nSPS) is 18.2. The number of benzene rings is 1. The van der Waals surface area contributed by atoms with E-state index in [4.69, 9.17) is 11.6 Å². The molecule has 1 amide bonds. The number of aromatic nitrogens is 1. The van der Waals surface area contributed by atoms with E-state index in [9.17, 15) is 18.0 Å². The molecule has 2 aliphatic heterocycles. The molecule has 0 atom stereocenters. The van der Waals surface area contributed by atoms with Crippen LogP contribution in [0.2, 0.25) is 5.02 Å². The first-order valence-corrected chi connectivity index (χ1v) is 12.0. The van der Waals surface area contributed by atoms with Gasteiger partial charge in [-0.25, -0.2) is 4.98 Å². The van der Waals surface area contributed by atoms with Crippen LogP contribution in [0.5, 0.6) is 0 Å². The molecule has 2 aliphatic rings. The number of nitrogens with one attached hydrogen (secondary N) is 1. The molecule has 184 valence electrons. The summed E-state index contributed by atoms with van der Waals surface area (Å²) in [5, 5.41) is 3.85. The zero-order valence-electron chi connectivity index (χ0n) is 18.9. The van der Waals surface area contributed by atoms with Crippen molar-refractivity contribution in [1.29, 1.82) is 0 Å². The van der Waals surface area contributed by atoms with Crippen LogP contribution in [-0.2, 0) is 11.0 Å². The number of amides is 1. The lowest BCUT2D eigenvalue weighted by atomic mass is 10.0. The third-order valence-corrected chi connectivity index (χ3v) is 6.70. The summed E-state index contributed by atoms with van der Waals surface area (Å²) < 4.78 is 38.1. The number of carbonyl (C=O) groups is 1. The van der Waals surface area contributed by atoms with Crippen molar-refractivity contribution >= 4 is 29.0 Å². The molecule has 6 nitrogen and oxygen atoms in total. The molecule has 0 saturated carbocycles. The lowest BCUT2D eigenvalue weighted by Crippen LogP contribution is -2.48. The van der Waals surface area contributed by atoms with Gasteiger partial charge in [-0.1, -0.05) is 17.7 Å². The summed E-state index contributed by atoms with van der Waals surface area (Å²) in [4.78, 5) is 23.0. The molecule has 0 aliphatic carbocycles. The number of hydrogen-bond donors (Lipinski definition) is 1. The Balaban J connectivity index is 1.15. The van der Waals surface area contributed by atoms with Crippen molar-refractivity contribution < 1.29 is 18.0 Å². The summed E-state index contributed by atoms with van der Waals surface area (Å²) in [5.74, 6) is 0.582. The first kappa shape index (κ1) is 24.6. The van der Waals surface area contributed by atoms with Gasteiger partial charge in [0.15, 0.2) is 0 Å². The highest BCUT2D eigenvalue weighted by molar-refractivity contribution is 6.30. The summed E-state index contributed by atoms with van der Waals surface area (Å²) in [6, 6.07) is 10.4. The Morgan fingerprint density at radius 2 is 1.76 bits per heavy atom. The van der Waals surface area contributed by atoms with E-state index in [1.54, 1.807) is 0 Å². The summed E-state index contributed by atoms with van der Waals surface area (Å²) in [5.41, 5.74) is 0.381. The van der Waals surface area contributed by atoms with E-state index >= 15 is 0 Å². The van der Waals surface area contributed by atoms with Crippen molar-refractivity contribution in [3.05, 3.63) is 53.2 Å². The number of piperazine rings is 1. The fourth-order valence-electron chi connectivity index (χ4n) is 4.46. The van der Waals surface area contributed by atoms with Gasteiger partial charge in [0.25, 0.3) is 0 Å². The largest absolute Gasteiger partial charge is 0.417 e. The van der Waals surface area contributed by atoms with Gasteiger partial charge >= 0.3 is 6.18 Å².